The summed E-state index contributed by atoms with van der Waals surface area (Å²) < 4.78 is 0.868. The Hall–Kier alpha value is -1.36. The number of carbonyl (C=O) groups is 2. The molecule has 2 N–H and O–H groups in total. The molecule has 4 nitrogen and oxygen atoms in total. The summed E-state index contributed by atoms with van der Waals surface area (Å²) in [5, 5.41) is 11.8. The van der Waals surface area contributed by atoms with Crippen molar-refractivity contribution in [1.29, 1.82) is 0 Å². The Morgan fingerprint density at radius 1 is 1.32 bits per heavy atom. The fourth-order valence-electron chi connectivity index (χ4n) is 2.47. The predicted octanol–water partition coefficient (Wildman–Crippen LogP) is 2.74. The number of carboxylic acids is 1. The van der Waals surface area contributed by atoms with Crippen molar-refractivity contribution in [2.75, 3.05) is 0 Å². The van der Waals surface area contributed by atoms with Crippen LogP contribution < -0.4 is 5.32 Å². The predicted molar refractivity (Wildman–Crippen MR) is 75.1 cm³/mol. The van der Waals surface area contributed by atoms with Gasteiger partial charge in [-0.15, -0.1) is 0 Å². The number of carbonyl (C=O) groups excluding carboxylic acids is 1. The molecule has 1 aliphatic rings. The summed E-state index contributed by atoms with van der Waals surface area (Å²) in [4.78, 5) is 23.0. The monoisotopic (exact) mass is 325 g/mol. The van der Waals surface area contributed by atoms with Crippen molar-refractivity contribution >= 4 is 27.8 Å². The second kappa shape index (κ2) is 5.74. The van der Waals surface area contributed by atoms with E-state index in [1.165, 1.54) is 0 Å². The Labute approximate surface area is 120 Å². The van der Waals surface area contributed by atoms with Crippen LogP contribution in [0, 0.1) is 12.8 Å². The normalized spacial score (nSPS) is 22.2. The van der Waals surface area contributed by atoms with Gasteiger partial charge in [-0.25, -0.2) is 0 Å². The summed E-state index contributed by atoms with van der Waals surface area (Å²) in [5.41, 5.74) is 1.61. The van der Waals surface area contributed by atoms with Crippen molar-refractivity contribution < 1.29 is 14.7 Å². The Morgan fingerprint density at radius 3 is 2.63 bits per heavy atom. The maximum absolute atomic E-state index is 12.1. The van der Waals surface area contributed by atoms with Gasteiger partial charge in [-0.05, 0) is 49.9 Å². The number of nitrogens with one attached hydrogen (secondary N) is 1. The van der Waals surface area contributed by atoms with E-state index in [1.54, 1.807) is 6.07 Å². The number of rotatable bonds is 3. The molecule has 1 saturated carbocycles. The largest absolute Gasteiger partial charge is 0.481 e. The summed E-state index contributed by atoms with van der Waals surface area (Å²) in [5.74, 6) is -1.23. The Balaban J connectivity index is 2.00. The van der Waals surface area contributed by atoms with Crippen LogP contribution in [0.5, 0.6) is 0 Å². The van der Waals surface area contributed by atoms with Gasteiger partial charge in [-0.3, -0.25) is 9.59 Å². The number of aliphatic carboxylic acids is 1. The van der Waals surface area contributed by atoms with Crippen LogP contribution in [0.1, 0.15) is 35.2 Å². The molecule has 1 aliphatic carbocycles. The van der Waals surface area contributed by atoms with E-state index in [0.29, 0.717) is 18.4 Å². The topological polar surface area (TPSA) is 66.4 Å². The van der Waals surface area contributed by atoms with E-state index < -0.39 is 5.97 Å². The zero-order valence-electron chi connectivity index (χ0n) is 10.6. The standard InChI is InChI=1S/C14H16BrNO3/c1-8-4-10(6-11(15)5-8)13(17)16-12-3-2-9(7-12)14(18)19/h4-6,9,12H,2-3,7H2,1H3,(H,16,17)(H,18,19)/t9-,12+/m1/s1. The summed E-state index contributed by atoms with van der Waals surface area (Å²) in [6.45, 7) is 1.93. The van der Waals surface area contributed by atoms with Gasteiger partial charge in [0, 0.05) is 16.1 Å². The molecule has 0 aliphatic heterocycles. The van der Waals surface area contributed by atoms with E-state index in [-0.39, 0.29) is 17.9 Å². The van der Waals surface area contributed by atoms with E-state index in [4.69, 9.17) is 5.11 Å². The van der Waals surface area contributed by atoms with Gasteiger partial charge in [-0.1, -0.05) is 15.9 Å². The Morgan fingerprint density at radius 2 is 2.05 bits per heavy atom. The molecule has 1 fully saturated rings. The minimum atomic E-state index is -0.768. The first-order valence-corrected chi connectivity index (χ1v) is 7.06. The van der Waals surface area contributed by atoms with Gasteiger partial charge in [0.05, 0.1) is 5.92 Å². The van der Waals surface area contributed by atoms with Crippen molar-refractivity contribution in [2.24, 2.45) is 5.92 Å². The van der Waals surface area contributed by atoms with Crippen molar-refractivity contribution in [3.05, 3.63) is 33.8 Å². The third kappa shape index (κ3) is 3.56. The summed E-state index contributed by atoms with van der Waals surface area (Å²) in [7, 11) is 0. The molecule has 19 heavy (non-hydrogen) atoms. The third-order valence-electron chi connectivity index (χ3n) is 3.42. The van der Waals surface area contributed by atoms with Gasteiger partial charge in [0.2, 0.25) is 0 Å². The molecule has 5 heteroatoms. The summed E-state index contributed by atoms with van der Waals surface area (Å²) in [6.07, 6.45) is 1.89. The summed E-state index contributed by atoms with van der Waals surface area (Å²) >= 11 is 3.36. The zero-order valence-corrected chi connectivity index (χ0v) is 12.2. The van der Waals surface area contributed by atoms with E-state index in [9.17, 15) is 9.59 Å². The molecule has 1 aromatic carbocycles. The molecule has 0 bridgehead atoms. The fraction of sp³-hybridized carbons (Fsp3) is 0.429. The van der Waals surface area contributed by atoms with Crippen LogP contribution in [0.15, 0.2) is 22.7 Å². The molecule has 2 atom stereocenters. The maximum atomic E-state index is 12.1. The molecular formula is C14H16BrNO3. The van der Waals surface area contributed by atoms with Crippen LogP contribution in [-0.2, 0) is 4.79 Å². The molecule has 0 unspecified atom stereocenters. The summed E-state index contributed by atoms with van der Waals surface area (Å²) in [6, 6.07) is 5.50. The Kier molecular flexibility index (Phi) is 4.24. The van der Waals surface area contributed by atoms with Crippen LogP contribution in [0.2, 0.25) is 0 Å². The highest BCUT2D eigenvalue weighted by Gasteiger charge is 2.30. The smallest absolute Gasteiger partial charge is 0.306 e. The van der Waals surface area contributed by atoms with E-state index in [1.807, 2.05) is 19.1 Å². The minimum Gasteiger partial charge on any atom is -0.481 e. The molecule has 1 amide bonds. The van der Waals surface area contributed by atoms with Crippen molar-refractivity contribution in [3.63, 3.8) is 0 Å². The first-order chi connectivity index (χ1) is 8.95. The van der Waals surface area contributed by atoms with Gasteiger partial charge >= 0.3 is 5.97 Å². The molecule has 0 saturated heterocycles. The number of aryl methyl sites for hydroxylation is 1. The molecule has 0 aromatic heterocycles. The first-order valence-electron chi connectivity index (χ1n) is 6.26. The Bertz CT molecular complexity index is 495. The van der Waals surface area contributed by atoms with E-state index in [0.717, 1.165) is 16.5 Å². The van der Waals surface area contributed by atoms with Crippen LogP contribution in [0.25, 0.3) is 0 Å². The number of hydrogen-bond acceptors (Lipinski definition) is 2. The highest BCUT2D eigenvalue weighted by Crippen LogP contribution is 2.26. The third-order valence-corrected chi connectivity index (χ3v) is 3.88. The lowest BCUT2D eigenvalue weighted by Crippen LogP contribution is -2.33. The molecule has 0 radical (unpaired) electrons. The lowest BCUT2D eigenvalue weighted by molar-refractivity contribution is -0.141. The highest BCUT2D eigenvalue weighted by atomic mass is 79.9. The quantitative estimate of drug-likeness (QED) is 0.897. The van der Waals surface area contributed by atoms with Crippen molar-refractivity contribution in [3.8, 4) is 0 Å². The lowest BCUT2D eigenvalue weighted by Gasteiger charge is -2.13. The highest BCUT2D eigenvalue weighted by molar-refractivity contribution is 9.10. The molecule has 1 aromatic rings. The minimum absolute atomic E-state index is 0.0344. The molecule has 102 valence electrons. The average Bonchev–Trinajstić information content (AvgIpc) is 2.76. The molecule has 2 rings (SSSR count). The number of amides is 1. The van der Waals surface area contributed by atoms with Crippen LogP contribution in [0.3, 0.4) is 0 Å². The zero-order chi connectivity index (χ0) is 14.0. The van der Waals surface area contributed by atoms with Crippen LogP contribution >= 0.6 is 15.9 Å². The first kappa shape index (κ1) is 14.1. The second-order valence-corrected chi connectivity index (χ2v) is 5.95. The van der Waals surface area contributed by atoms with Crippen LogP contribution in [0.4, 0.5) is 0 Å². The fourth-order valence-corrected chi connectivity index (χ4v) is 3.08. The van der Waals surface area contributed by atoms with Crippen molar-refractivity contribution in [2.45, 2.75) is 32.2 Å². The van der Waals surface area contributed by atoms with Gasteiger partial charge in [0.1, 0.15) is 0 Å². The van der Waals surface area contributed by atoms with Crippen molar-refractivity contribution in [1.82, 2.24) is 5.32 Å². The molecular weight excluding hydrogens is 310 g/mol. The number of hydrogen-bond donors (Lipinski definition) is 2. The SMILES string of the molecule is Cc1cc(Br)cc(C(=O)N[C@H]2CC[C@@H](C(=O)O)C2)c1. The van der Waals surface area contributed by atoms with E-state index >= 15 is 0 Å². The van der Waals surface area contributed by atoms with Crippen LogP contribution in [-0.4, -0.2) is 23.0 Å². The molecule has 0 spiro atoms. The van der Waals surface area contributed by atoms with E-state index in [2.05, 4.69) is 21.2 Å². The number of benzene rings is 1. The van der Waals surface area contributed by atoms with Gasteiger partial charge < -0.3 is 10.4 Å². The maximum Gasteiger partial charge on any atom is 0.306 e. The second-order valence-electron chi connectivity index (χ2n) is 5.04. The van der Waals surface area contributed by atoms with Gasteiger partial charge in [0.15, 0.2) is 0 Å². The molecule has 0 heterocycles. The van der Waals surface area contributed by atoms with Gasteiger partial charge in [0.25, 0.3) is 5.91 Å². The number of halogens is 1. The van der Waals surface area contributed by atoms with Gasteiger partial charge in [-0.2, -0.15) is 0 Å². The lowest BCUT2D eigenvalue weighted by atomic mass is 10.1. The number of carboxylic acid groups (broad SMARTS) is 1. The average molecular weight is 326 g/mol.